The number of rotatable bonds is 3. The Morgan fingerprint density at radius 1 is 1.00 bits per heavy atom. The summed E-state index contributed by atoms with van der Waals surface area (Å²) in [4.78, 5) is 15.0. The van der Waals surface area contributed by atoms with Crippen LogP contribution in [0.4, 0.5) is 5.69 Å². The average molecular weight is 358 g/mol. The van der Waals surface area contributed by atoms with E-state index >= 15 is 0 Å². The fourth-order valence-electron chi connectivity index (χ4n) is 2.00. The van der Waals surface area contributed by atoms with Gasteiger partial charge < -0.3 is 9.64 Å². The van der Waals surface area contributed by atoms with Gasteiger partial charge in [0.25, 0.3) is 5.17 Å². The van der Waals surface area contributed by atoms with Gasteiger partial charge in [-0.3, -0.25) is 4.79 Å². The van der Waals surface area contributed by atoms with Gasteiger partial charge in [0.15, 0.2) is 10.9 Å². The van der Waals surface area contributed by atoms with Crippen molar-refractivity contribution >= 4 is 46.2 Å². The molecule has 0 aliphatic rings. The molecule has 4 nitrogen and oxygen atoms in total. The maximum absolute atomic E-state index is 11.5. The predicted octanol–water partition coefficient (Wildman–Crippen LogP) is 3.91. The molecular weight excluding hydrogens is 340 g/mol. The van der Waals surface area contributed by atoms with Gasteiger partial charge >= 0.3 is 0 Å². The summed E-state index contributed by atoms with van der Waals surface area (Å²) in [6, 6.07) is 16.4. The summed E-state index contributed by atoms with van der Waals surface area (Å²) in [5.41, 5.74) is 1.38. The molecule has 6 heteroatoms. The molecule has 24 heavy (non-hydrogen) atoms. The first kappa shape index (κ1) is 18.0. The highest BCUT2D eigenvalue weighted by atomic mass is 32.1. The number of hydrogen-bond donors (Lipinski definition) is 0. The van der Waals surface area contributed by atoms with Crippen molar-refractivity contribution in [2.24, 2.45) is 0 Å². The summed E-state index contributed by atoms with van der Waals surface area (Å²) in [6.45, 7) is 1.51. The molecule has 0 spiro atoms. The van der Waals surface area contributed by atoms with Crippen LogP contribution in [0.1, 0.15) is 17.3 Å². The SMILES string of the molecule is CC(=O)c1cccc(OC(=S)N(C(=S)N(C)C)c2ccccc2)c1. The molecule has 2 aromatic rings. The molecule has 0 fully saturated rings. The molecule has 0 N–H and O–H groups in total. The van der Waals surface area contributed by atoms with Crippen LogP contribution in [0.25, 0.3) is 0 Å². The molecule has 0 saturated heterocycles. The van der Waals surface area contributed by atoms with E-state index in [4.69, 9.17) is 29.2 Å². The number of hydrogen-bond acceptors (Lipinski definition) is 4. The maximum Gasteiger partial charge on any atom is 0.275 e. The third-order valence-corrected chi connectivity index (χ3v) is 4.03. The van der Waals surface area contributed by atoms with Crippen LogP contribution in [0.3, 0.4) is 0 Å². The first-order valence-corrected chi connectivity index (χ1v) is 8.11. The minimum absolute atomic E-state index is 0.0323. The van der Waals surface area contributed by atoms with Gasteiger partial charge in [-0.15, -0.1) is 0 Å². The number of ketones is 1. The fourth-order valence-corrected chi connectivity index (χ4v) is 2.53. The molecule has 0 amide bonds. The Hall–Kier alpha value is -2.31. The lowest BCUT2D eigenvalue weighted by Crippen LogP contribution is -2.44. The molecule has 2 aromatic carbocycles. The predicted molar refractivity (Wildman–Crippen MR) is 105 cm³/mol. The summed E-state index contributed by atoms with van der Waals surface area (Å²) < 4.78 is 5.78. The van der Waals surface area contributed by atoms with Crippen LogP contribution in [0.15, 0.2) is 54.6 Å². The molecule has 0 saturated carbocycles. The van der Waals surface area contributed by atoms with Crippen molar-refractivity contribution in [3.05, 3.63) is 60.2 Å². The van der Waals surface area contributed by atoms with E-state index in [0.717, 1.165) is 5.69 Å². The summed E-state index contributed by atoms with van der Waals surface area (Å²) in [6.07, 6.45) is 0. The number of anilines is 1. The molecular formula is C18H18N2O2S2. The zero-order valence-electron chi connectivity index (χ0n) is 13.7. The van der Waals surface area contributed by atoms with E-state index in [0.29, 0.717) is 16.4 Å². The molecule has 0 aromatic heterocycles. The van der Waals surface area contributed by atoms with Crippen LogP contribution in [-0.2, 0) is 0 Å². The second-order valence-corrected chi connectivity index (χ2v) is 6.01. The number of carbonyl (C=O) groups excluding carboxylic acids is 1. The molecule has 124 valence electrons. The van der Waals surface area contributed by atoms with Crippen LogP contribution in [0, 0.1) is 0 Å². The Balaban J connectivity index is 2.30. The van der Waals surface area contributed by atoms with Gasteiger partial charge in [-0.1, -0.05) is 30.3 Å². The zero-order chi connectivity index (χ0) is 17.7. The monoisotopic (exact) mass is 358 g/mol. The van der Waals surface area contributed by atoms with E-state index in [9.17, 15) is 4.79 Å². The molecule has 2 rings (SSSR count). The highest BCUT2D eigenvalue weighted by Gasteiger charge is 2.20. The normalized spacial score (nSPS) is 9.96. The number of para-hydroxylation sites is 1. The van der Waals surface area contributed by atoms with Gasteiger partial charge in [0, 0.05) is 19.7 Å². The molecule has 0 atom stereocenters. The lowest BCUT2D eigenvalue weighted by Gasteiger charge is -2.28. The highest BCUT2D eigenvalue weighted by molar-refractivity contribution is 7.82. The van der Waals surface area contributed by atoms with Gasteiger partial charge in [0.05, 0.1) is 5.69 Å². The smallest absolute Gasteiger partial charge is 0.275 e. The summed E-state index contributed by atoms with van der Waals surface area (Å²) >= 11 is 10.9. The van der Waals surface area contributed by atoms with E-state index in [2.05, 4.69) is 0 Å². The van der Waals surface area contributed by atoms with E-state index in [1.807, 2.05) is 44.4 Å². The van der Waals surface area contributed by atoms with E-state index < -0.39 is 0 Å². The van der Waals surface area contributed by atoms with Gasteiger partial charge in [-0.05, 0) is 55.6 Å². The molecule has 0 heterocycles. The topological polar surface area (TPSA) is 32.8 Å². The van der Waals surface area contributed by atoms with Crippen molar-refractivity contribution in [3.8, 4) is 5.75 Å². The van der Waals surface area contributed by atoms with E-state index in [1.165, 1.54) is 6.92 Å². The van der Waals surface area contributed by atoms with Gasteiger partial charge in [-0.2, -0.15) is 0 Å². The summed E-state index contributed by atoms with van der Waals surface area (Å²) in [5, 5.41) is 0.703. The lowest BCUT2D eigenvalue weighted by atomic mass is 10.1. The number of ether oxygens (including phenoxy) is 1. The maximum atomic E-state index is 11.5. The Bertz CT molecular complexity index is 761. The van der Waals surface area contributed by atoms with Crippen LogP contribution < -0.4 is 9.64 Å². The Morgan fingerprint density at radius 3 is 2.25 bits per heavy atom. The van der Waals surface area contributed by atoms with E-state index in [1.54, 1.807) is 34.1 Å². The minimum Gasteiger partial charge on any atom is -0.431 e. The lowest BCUT2D eigenvalue weighted by molar-refractivity contribution is 0.101. The molecule has 0 radical (unpaired) electrons. The number of carbonyl (C=O) groups is 1. The molecule has 0 bridgehead atoms. The standard InChI is InChI=1S/C18H18N2O2S2/c1-13(21)14-8-7-11-16(12-14)22-18(24)20(17(23)19(2)3)15-9-5-4-6-10-15/h4-12H,1-3H3. The van der Waals surface area contributed by atoms with Crippen molar-refractivity contribution in [2.45, 2.75) is 6.92 Å². The van der Waals surface area contributed by atoms with Gasteiger partial charge in [0.1, 0.15) is 5.75 Å². The average Bonchev–Trinajstić information content (AvgIpc) is 2.56. The number of Topliss-reactive ketones (excluding diaryl/α,β-unsaturated/α-hetero) is 1. The highest BCUT2D eigenvalue weighted by Crippen LogP contribution is 2.20. The zero-order valence-corrected chi connectivity index (χ0v) is 15.4. The van der Waals surface area contributed by atoms with Crippen molar-refractivity contribution in [1.29, 1.82) is 0 Å². The number of thiocarbonyl (C=S) groups is 2. The fraction of sp³-hybridized carbons (Fsp3) is 0.167. The largest absolute Gasteiger partial charge is 0.431 e. The third kappa shape index (κ3) is 4.37. The Labute approximate surface area is 152 Å². The Kier molecular flexibility index (Phi) is 6.00. The molecule has 0 unspecified atom stereocenters. The van der Waals surface area contributed by atoms with Gasteiger partial charge in [-0.25, -0.2) is 4.90 Å². The van der Waals surface area contributed by atoms with Crippen LogP contribution >= 0.6 is 24.4 Å². The minimum atomic E-state index is -0.0323. The van der Waals surface area contributed by atoms with Crippen LogP contribution in [0.5, 0.6) is 5.75 Å². The first-order chi connectivity index (χ1) is 11.4. The molecule has 0 aliphatic carbocycles. The summed E-state index contributed by atoms with van der Waals surface area (Å²) in [5.74, 6) is 0.463. The quantitative estimate of drug-likeness (QED) is 0.611. The van der Waals surface area contributed by atoms with E-state index in [-0.39, 0.29) is 11.0 Å². The van der Waals surface area contributed by atoms with Crippen molar-refractivity contribution in [2.75, 3.05) is 19.0 Å². The molecule has 0 aliphatic heterocycles. The van der Waals surface area contributed by atoms with Crippen molar-refractivity contribution in [3.63, 3.8) is 0 Å². The third-order valence-electron chi connectivity index (χ3n) is 3.22. The van der Waals surface area contributed by atoms with Crippen molar-refractivity contribution in [1.82, 2.24) is 4.90 Å². The Morgan fingerprint density at radius 2 is 1.67 bits per heavy atom. The van der Waals surface area contributed by atoms with Gasteiger partial charge in [0.2, 0.25) is 0 Å². The van der Waals surface area contributed by atoms with Crippen molar-refractivity contribution < 1.29 is 9.53 Å². The number of nitrogens with zero attached hydrogens (tertiary/aromatic N) is 2. The number of benzene rings is 2. The summed E-state index contributed by atoms with van der Waals surface area (Å²) in [7, 11) is 3.69. The second kappa shape index (κ2) is 7.99. The van der Waals surface area contributed by atoms with Crippen LogP contribution in [-0.4, -0.2) is 35.1 Å². The second-order valence-electron chi connectivity index (χ2n) is 5.30. The first-order valence-electron chi connectivity index (χ1n) is 7.29. The van der Waals surface area contributed by atoms with Crippen LogP contribution in [0.2, 0.25) is 0 Å².